The molecule has 1 saturated heterocycles. The van der Waals surface area contributed by atoms with Gasteiger partial charge in [-0.3, -0.25) is 9.59 Å². The topological polar surface area (TPSA) is 67.2 Å². The van der Waals surface area contributed by atoms with Gasteiger partial charge in [-0.25, -0.2) is 4.98 Å². The fourth-order valence-corrected chi connectivity index (χ4v) is 3.85. The van der Waals surface area contributed by atoms with Crippen LogP contribution in [-0.4, -0.2) is 38.9 Å². The molecule has 2 heterocycles. The average Bonchev–Trinajstić information content (AvgIpc) is 3.25. The van der Waals surface area contributed by atoms with Gasteiger partial charge in [0.1, 0.15) is 0 Å². The zero-order chi connectivity index (χ0) is 17.4. The van der Waals surface area contributed by atoms with Crippen molar-refractivity contribution in [2.24, 2.45) is 13.0 Å². The maximum Gasteiger partial charge on any atom is 0.229 e. The molecule has 2 amide bonds. The summed E-state index contributed by atoms with van der Waals surface area (Å²) in [6, 6.07) is 8.08. The number of hydrogen-bond donors (Lipinski definition) is 1. The second kappa shape index (κ2) is 6.55. The standard InChI is InChI=1S/C18H20N4O2S/c1-21-9-8-19-18(21)25-15-6-2-13(3-7-15)20-17(24)12-10-16(23)22(11-12)14-4-5-14/h2-3,6-9,12,14H,4-5,10-11H2,1H3,(H,20,24). The molecule has 2 aromatic rings. The molecule has 4 rings (SSSR count). The molecule has 0 bridgehead atoms. The normalized spacial score (nSPS) is 20.1. The largest absolute Gasteiger partial charge is 0.339 e. The molecule has 1 N–H and O–H groups in total. The number of aromatic nitrogens is 2. The Morgan fingerprint density at radius 2 is 2.04 bits per heavy atom. The fraction of sp³-hybridized carbons (Fsp3) is 0.389. The number of anilines is 1. The Balaban J connectivity index is 1.35. The van der Waals surface area contributed by atoms with Gasteiger partial charge < -0.3 is 14.8 Å². The third-order valence-corrected chi connectivity index (χ3v) is 5.71. The zero-order valence-corrected chi connectivity index (χ0v) is 14.8. The minimum Gasteiger partial charge on any atom is -0.339 e. The van der Waals surface area contributed by atoms with Crippen LogP contribution in [0.15, 0.2) is 46.7 Å². The Bertz CT molecular complexity index is 798. The second-order valence-electron chi connectivity index (χ2n) is 6.61. The first kappa shape index (κ1) is 16.2. The predicted octanol–water partition coefficient (Wildman–Crippen LogP) is 2.52. The van der Waals surface area contributed by atoms with Crippen LogP contribution < -0.4 is 5.32 Å². The van der Waals surface area contributed by atoms with Crippen molar-refractivity contribution in [2.45, 2.75) is 35.4 Å². The van der Waals surface area contributed by atoms with E-state index < -0.39 is 0 Å². The average molecular weight is 356 g/mol. The van der Waals surface area contributed by atoms with Crippen LogP contribution in [0.3, 0.4) is 0 Å². The highest BCUT2D eigenvalue weighted by molar-refractivity contribution is 7.99. The smallest absolute Gasteiger partial charge is 0.229 e. The molecule has 2 fully saturated rings. The Hall–Kier alpha value is -2.28. The number of amides is 2. The minimum atomic E-state index is -0.241. The van der Waals surface area contributed by atoms with E-state index in [1.165, 1.54) is 0 Å². The number of likely N-dealkylation sites (tertiary alicyclic amines) is 1. The number of benzene rings is 1. The summed E-state index contributed by atoms with van der Waals surface area (Å²) in [6.07, 6.45) is 6.16. The van der Waals surface area contributed by atoms with Gasteiger partial charge >= 0.3 is 0 Å². The van der Waals surface area contributed by atoms with Crippen molar-refractivity contribution in [1.29, 1.82) is 0 Å². The summed E-state index contributed by atoms with van der Waals surface area (Å²) in [4.78, 5) is 31.6. The molecule has 6 nitrogen and oxygen atoms in total. The van der Waals surface area contributed by atoms with E-state index in [1.54, 1.807) is 18.0 Å². The van der Waals surface area contributed by atoms with Gasteiger partial charge in [-0.05, 0) is 37.1 Å². The van der Waals surface area contributed by atoms with E-state index in [4.69, 9.17) is 0 Å². The molecule has 1 atom stereocenters. The van der Waals surface area contributed by atoms with Crippen molar-refractivity contribution in [3.8, 4) is 0 Å². The van der Waals surface area contributed by atoms with E-state index in [2.05, 4.69) is 10.3 Å². The summed E-state index contributed by atoms with van der Waals surface area (Å²) in [5.41, 5.74) is 0.756. The molecular weight excluding hydrogens is 336 g/mol. The Kier molecular flexibility index (Phi) is 4.25. The molecule has 0 radical (unpaired) electrons. The van der Waals surface area contributed by atoms with Crippen LogP contribution in [-0.2, 0) is 16.6 Å². The Morgan fingerprint density at radius 3 is 2.68 bits per heavy atom. The first-order valence-electron chi connectivity index (χ1n) is 8.46. The molecular formula is C18H20N4O2S. The van der Waals surface area contributed by atoms with E-state index in [0.717, 1.165) is 28.6 Å². The van der Waals surface area contributed by atoms with Crippen molar-refractivity contribution < 1.29 is 9.59 Å². The number of nitrogens with one attached hydrogen (secondary N) is 1. The van der Waals surface area contributed by atoms with E-state index in [-0.39, 0.29) is 17.7 Å². The van der Waals surface area contributed by atoms with Crippen LogP contribution in [0.5, 0.6) is 0 Å². The van der Waals surface area contributed by atoms with E-state index in [1.807, 2.05) is 47.0 Å². The highest BCUT2D eigenvalue weighted by Gasteiger charge is 2.41. The highest BCUT2D eigenvalue weighted by atomic mass is 32.2. The molecule has 1 aliphatic heterocycles. The van der Waals surface area contributed by atoms with Crippen LogP contribution in [0.4, 0.5) is 5.69 Å². The fourth-order valence-electron chi connectivity index (χ4n) is 3.05. The number of imidazole rings is 1. The van der Waals surface area contributed by atoms with Crippen molar-refractivity contribution in [2.75, 3.05) is 11.9 Å². The van der Waals surface area contributed by atoms with Crippen LogP contribution in [0.2, 0.25) is 0 Å². The third kappa shape index (κ3) is 3.56. The SMILES string of the molecule is Cn1ccnc1Sc1ccc(NC(=O)C2CC(=O)N(C3CC3)C2)cc1. The molecule has 0 spiro atoms. The summed E-state index contributed by atoms with van der Waals surface area (Å²) in [5.74, 6) is -0.194. The van der Waals surface area contributed by atoms with Gasteiger partial charge in [-0.1, -0.05) is 11.8 Å². The Labute approximate surface area is 150 Å². The van der Waals surface area contributed by atoms with Crippen molar-refractivity contribution in [1.82, 2.24) is 14.5 Å². The lowest BCUT2D eigenvalue weighted by atomic mass is 10.1. The van der Waals surface area contributed by atoms with Crippen molar-refractivity contribution in [3.05, 3.63) is 36.7 Å². The van der Waals surface area contributed by atoms with Crippen LogP contribution >= 0.6 is 11.8 Å². The summed E-state index contributed by atoms with van der Waals surface area (Å²) < 4.78 is 1.96. The van der Waals surface area contributed by atoms with Gasteiger partial charge in [0, 0.05) is 49.0 Å². The molecule has 7 heteroatoms. The second-order valence-corrected chi connectivity index (χ2v) is 7.66. The molecule has 2 aliphatic rings. The van der Waals surface area contributed by atoms with Crippen LogP contribution in [0.25, 0.3) is 0 Å². The van der Waals surface area contributed by atoms with Crippen LogP contribution in [0, 0.1) is 5.92 Å². The molecule has 1 saturated carbocycles. The first-order chi connectivity index (χ1) is 12.1. The number of nitrogens with zero attached hydrogens (tertiary/aromatic N) is 3. The lowest BCUT2D eigenvalue weighted by molar-refractivity contribution is -0.128. The zero-order valence-electron chi connectivity index (χ0n) is 14.0. The van der Waals surface area contributed by atoms with Gasteiger partial charge in [0.25, 0.3) is 0 Å². The summed E-state index contributed by atoms with van der Waals surface area (Å²) in [7, 11) is 1.96. The van der Waals surface area contributed by atoms with Gasteiger partial charge in [0.2, 0.25) is 11.8 Å². The van der Waals surface area contributed by atoms with Gasteiger partial charge in [-0.15, -0.1) is 0 Å². The highest BCUT2D eigenvalue weighted by Crippen LogP contribution is 2.33. The maximum atomic E-state index is 12.4. The summed E-state index contributed by atoms with van der Waals surface area (Å²) >= 11 is 1.57. The molecule has 1 unspecified atom stereocenters. The predicted molar refractivity (Wildman–Crippen MR) is 95.2 cm³/mol. The van der Waals surface area contributed by atoms with Gasteiger partial charge in [-0.2, -0.15) is 0 Å². The molecule has 25 heavy (non-hydrogen) atoms. The van der Waals surface area contributed by atoms with E-state index in [0.29, 0.717) is 19.0 Å². The molecule has 130 valence electrons. The molecule has 1 aromatic carbocycles. The van der Waals surface area contributed by atoms with E-state index >= 15 is 0 Å². The quantitative estimate of drug-likeness (QED) is 0.894. The molecule has 1 aliphatic carbocycles. The number of carbonyl (C=O) groups excluding carboxylic acids is 2. The first-order valence-corrected chi connectivity index (χ1v) is 9.27. The van der Waals surface area contributed by atoms with Crippen molar-refractivity contribution >= 4 is 29.3 Å². The lowest BCUT2D eigenvalue weighted by Gasteiger charge is -2.15. The monoisotopic (exact) mass is 356 g/mol. The third-order valence-electron chi connectivity index (χ3n) is 4.62. The van der Waals surface area contributed by atoms with E-state index in [9.17, 15) is 9.59 Å². The minimum absolute atomic E-state index is 0.0685. The molecule has 1 aromatic heterocycles. The lowest BCUT2D eigenvalue weighted by Crippen LogP contribution is -2.29. The van der Waals surface area contributed by atoms with Gasteiger partial charge in [0.05, 0.1) is 5.92 Å². The number of hydrogen-bond acceptors (Lipinski definition) is 4. The summed E-state index contributed by atoms with van der Waals surface area (Å²) in [6.45, 7) is 0.558. The number of rotatable bonds is 5. The summed E-state index contributed by atoms with van der Waals surface area (Å²) in [5, 5.41) is 3.85. The van der Waals surface area contributed by atoms with Crippen LogP contribution in [0.1, 0.15) is 19.3 Å². The Morgan fingerprint density at radius 1 is 1.28 bits per heavy atom. The number of carbonyl (C=O) groups is 2. The maximum absolute atomic E-state index is 12.4. The van der Waals surface area contributed by atoms with Crippen molar-refractivity contribution in [3.63, 3.8) is 0 Å². The van der Waals surface area contributed by atoms with Gasteiger partial charge in [0.15, 0.2) is 5.16 Å². The number of aryl methyl sites for hydroxylation is 1.